The Morgan fingerprint density at radius 2 is 2.14 bits per heavy atom. The Morgan fingerprint density at radius 3 is 2.86 bits per heavy atom. The third-order valence-electron chi connectivity index (χ3n) is 2.51. The maximum atomic E-state index is 11.2. The van der Waals surface area contributed by atoms with Gasteiger partial charge >= 0.3 is 5.97 Å². The maximum absolute atomic E-state index is 11.2. The number of ether oxygens (including phenoxy) is 2. The molecule has 0 aromatic carbocycles. The average Bonchev–Trinajstić information content (AvgIpc) is 2.30. The van der Waals surface area contributed by atoms with Crippen LogP contribution in [0, 0.1) is 0 Å². The standard InChI is InChI=1S/C11H20O3/c1-3-13-11(12)8-10-7-5-4-6-9(2)14-10/h9-10H,3-8H2,1-2H3. The van der Waals surface area contributed by atoms with Crippen LogP contribution in [-0.2, 0) is 14.3 Å². The van der Waals surface area contributed by atoms with Gasteiger partial charge in [0.25, 0.3) is 0 Å². The van der Waals surface area contributed by atoms with Crippen LogP contribution in [-0.4, -0.2) is 24.8 Å². The molecule has 0 N–H and O–H groups in total. The zero-order valence-electron chi connectivity index (χ0n) is 9.12. The van der Waals surface area contributed by atoms with Gasteiger partial charge in [-0.05, 0) is 26.7 Å². The molecule has 82 valence electrons. The van der Waals surface area contributed by atoms with Crippen LogP contribution in [0.5, 0.6) is 0 Å². The number of hydrogen-bond donors (Lipinski definition) is 0. The molecule has 3 nitrogen and oxygen atoms in total. The van der Waals surface area contributed by atoms with E-state index in [0.717, 1.165) is 19.3 Å². The first-order chi connectivity index (χ1) is 6.72. The summed E-state index contributed by atoms with van der Waals surface area (Å²) in [5, 5.41) is 0. The summed E-state index contributed by atoms with van der Waals surface area (Å²) in [6.07, 6.45) is 5.25. The summed E-state index contributed by atoms with van der Waals surface area (Å²) in [5.41, 5.74) is 0. The lowest BCUT2D eigenvalue weighted by Crippen LogP contribution is -2.22. The van der Waals surface area contributed by atoms with Crippen molar-refractivity contribution in [1.29, 1.82) is 0 Å². The number of esters is 1. The van der Waals surface area contributed by atoms with Gasteiger partial charge in [0.15, 0.2) is 0 Å². The highest BCUT2D eigenvalue weighted by Gasteiger charge is 2.20. The zero-order chi connectivity index (χ0) is 10.4. The fourth-order valence-corrected chi connectivity index (χ4v) is 1.82. The summed E-state index contributed by atoms with van der Waals surface area (Å²) < 4.78 is 10.6. The molecule has 0 spiro atoms. The molecule has 1 fully saturated rings. The molecule has 0 radical (unpaired) electrons. The van der Waals surface area contributed by atoms with Gasteiger partial charge < -0.3 is 9.47 Å². The Balaban J connectivity index is 2.31. The second-order valence-electron chi connectivity index (χ2n) is 3.86. The molecule has 0 aliphatic carbocycles. The quantitative estimate of drug-likeness (QED) is 0.656. The molecule has 2 atom stereocenters. The van der Waals surface area contributed by atoms with E-state index in [-0.39, 0.29) is 18.2 Å². The van der Waals surface area contributed by atoms with Crippen LogP contribution in [0.25, 0.3) is 0 Å². The summed E-state index contributed by atoms with van der Waals surface area (Å²) in [6.45, 7) is 4.36. The van der Waals surface area contributed by atoms with Gasteiger partial charge in [-0.3, -0.25) is 4.79 Å². The molecule has 2 unspecified atom stereocenters. The molecule has 1 aliphatic heterocycles. The fourth-order valence-electron chi connectivity index (χ4n) is 1.82. The van der Waals surface area contributed by atoms with Gasteiger partial charge in [-0.1, -0.05) is 12.8 Å². The normalized spacial score (nSPS) is 28.1. The van der Waals surface area contributed by atoms with Gasteiger partial charge in [-0.25, -0.2) is 0 Å². The summed E-state index contributed by atoms with van der Waals surface area (Å²) in [5.74, 6) is -0.133. The van der Waals surface area contributed by atoms with Crippen molar-refractivity contribution in [2.24, 2.45) is 0 Å². The third-order valence-corrected chi connectivity index (χ3v) is 2.51. The lowest BCUT2D eigenvalue weighted by molar-refractivity contribution is -0.147. The fraction of sp³-hybridized carbons (Fsp3) is 0.909. The molecule has 1 rings (SSSR count). The third kappa shape index (κ3) is 4.09. The summed E-state index contributed by atoms with van der Waals surface area (Å²) in [6, 6.07) is 0. The molecule has 0 aromatic rings. The first-order valence-electron chi connectivity index (χ1n) is 5.53. The minimum atomic E-state index is -0.133. The summed E-state index contributed by atoms with van der Waals surface area (Å²) in [4.78, 5) is 11.2. The molecular formula is C11H20O3. The maximum Gasteiger partial charge on any atom is 0.308 e. The Labute approximate surface area is 85.8 Å². The van der Waals surface area contributed by atoms with Crippen molar-refractivity contribution in [3.8, 4) is 0 Å². The van der Waals surface area contributed by atoms with Crippen LogP contribution in [0.1, 0.15) is 46.0 Å². The highest BCUT2D eigenvalue weighted by Crippen LogP contribution is 2.20. The van der Waals surface area contributed by atoms with Gasteiger partial charge in [0, 0.05) is 0 Å². The SMILES string of the molecule is CCOC(=O)CC1CCCCC(C)O1. The largest absolute Gasteiger partial charge is 0.466 e. The smallest absolute Gasteiger partial charge is 0.308 e. The van der Waals surface area contributed by atoms with E-state index in [1.807, 2.05) is 6.92 Å². The van der Waals surface area contributed by atoms with Crippen molar-refractivity contribution in [2.75, 3.05) is 6.61 Å². The molecule has 0 amide bonds. The molecule has 0 saturated carbocycles. The van der Waals surface area contributed by atoms with Crippen molar-refractivity contribution in [3.63, 3.8) is 0 Å². The Hall–Kier alpha value is -0.570. The Kier molecular flexibility index (Phi) is 4.94. The zero-order valence-corrected chi connectivity index (χ0v) is 9.12. The lowest BCUT2D eigenvalue weighted by atomic mass is 10.1. The van der Waals surface area contributed by atoms with Crippen LogP contribution < -0.4 is 0 Å². The topological polar surface area (TPSA) is 35.5 Å². The molecule has 1 aliphatic rings. The van der Waals surface area contributed by atoms with Crippen LogP contribution >= 0.6 is 0 Å². The molecule has 3 heteroatoms. The van der Waals surface area contributed by atoms with Crippen molar-refractivity contribution >= 4 is 5.97 Å². The van der Waals surface area contributed by atoms with Crippen LogP contribution in [0.4, 0.5) is 0 Å². The van der Waals surface area contributed by atoms with E-state index < -0.39 is 0 Å². The highest BCUT2D eigenvalue weighted by atomic mass is 16.5. The number of hydrogen-bond acceptors (Lipinski definition) is 3. The lowest BCUT2D eigenvalue weighted by Gasteiger charge is -2.17. The first kappa shape index (κ1) is 11.5. The molecule has 1 heterocycles. The van der Waals surface area contributed by atoms with Crippen molar-refractivity contribution in [1.82, 2.24) is 0 Å². The van der Waals surface area contributed by atoms with Crippen LogP contribution in [0.15, 0.2) is 0 Å². The molecule has 0 bridgehead atoms. The van der Waals surface area contributed by atoms with Gasteiger partial charge in [0.2, 0.25) is 0 Å². The second kappa shape index (κ2) is 6.02. The van der Waals surface area contributed by atoms with Gasteiger partial charge in [0.1, 0.15) is 0 Å². The van der Waals surface area contributed by atoms with E-state index in [0.29, 0.717) is 13.0 Å². The summed E-state index contributed by atoms with van der Waals surface area (Å²) >= 11 is 0. The molecule has 0 aromatic heterocycles. The van der Waals surface area contributed by atoms with E-state index in [1.165, 1.54) is 6.42 Å². The molecule has 1 saturated heterocycles. The highest BCUT2D eigenvalue weighted by molar-refractivity contribution is 5.69. The first-order valence-corrected chi connectivity index (χ1v) is 5.53. The van der Waals surface area contributed by atoms with Crippen LogP contribution in [0.2, 0.25) is 0 Å². The number of carbonyl (C=O) groups excluding carboxylic acids is 1. The van der Waals surface area contributed by atoms with Crippen molar-refractivity contribution < 1.29 is 14.3 Å². The Morgan fingerprint density at radius 1 is 1.43 bits per heavy atom. The Bertz CT molecular complexity index is 179. The van der Waals surface area contributed by atoms with Crippen LogP contribution in [0.3, 0.4) is 0 Å². The second-order valence-corrected chi connectivity index (χ2v) is 3.86. The molecule has 14 heavy (non-hydrogen) atoms. The minimum absolute atomic E-state index is 0.0755. The van der Waals surface area contributed by atoms with Gasteiger partial charge in [-0.2, -0.15) is 0 Å². The van der Waals surface area contributed by atoms with E-state index in [2.05, 4.69) is 6.92 Å². The van der Waals surface area contributed by atoms with Gasteiger partial charge in [-0.15, -0.1) is 0 Å². The minimum Gasteiger partial charge on any atom is -0.466 e. The van der Waals surface area contributed by atoms with E-state index >= 15 is 0 Å². The van der Waals surface area contributed by atoms with E-state index in [4.69, 9.17) is 9.47 Å². The predicted octanol–water partition coefficient (Wildman–Crippen LogP) is 2.29. The van der Waals surface area contributed by atoms with Crippen molar-refractivity contribution in [2.45, 2.75) is 58.2 Å². The van der Waals surface area contributed by atoms with Crippen molar-refractivity contribution in [3.05, 3.63) is 0 Å². The predicted molar refractivity (Wildman–Crippen MR) is 54.1 cm³/mol. The summed E-state index contributed by atoms with van der Waals surface area (Å²) in [7, 11) is 0. The number of rotatable bonds is 3. The number of carbonyl (C=O) groups is 1. The van der Waals surface area contributed by atoms with Gasteiger partial charge in [0.05, 0.1) is 25.2 Å². The monoisotopic (exact) mass is 200 g/mol. The average molecular weight is 200 g/mol. The van der Waals surface area contributed by atoms with E-state index in [9.17, 15) is 4.79 Å². The van der Waals surface area contributed by atoms with E-state index in [1.54, 1.807) is 0 Å². The molecular weight excluding hydrogens is 180 g/mol.